The van der Waals surface area contributed by atoms with Crippen LogP contribution >= 0.6 is 0 Å². The van der Waals surface area contributed by atoms with Crippen molar-refractivity contribution < 1.29 is 32.2 Å². The van der Waals surface area contributed by atoms with Crippen LogP contribution in [0, 0.1) is 11.8 Å². The van der Waals surface area contributed by atoms with Crippen LogP contribution in [-0.4, -0.2) is 46.7 Å². The average molecular weight is 483 g/mol. The zero-order chi connectivity index (χ0) is 25.1. The SMILES string of the molecule is CC1(C)CC(=O)N(CC2C[C@H]2C(=O)NC2CC(C)(C)Oc3ccc(OC(F)(F)F)cc32)C(N)=N1. The summed E-state index contributed by atoms with van der Waals surface area (Å²) in [4.78, 5) is 31.3. The summed E-state index contributed by atoms with van der Waals surface area (Å²) in [5.41, 5.74) is 5.24. The number of hydrogen-bond donors (Lipinski definition) is 2. The Hall–Kier alpha value is -2.98. The summed E-state index contributed by atoms with van der Waals surface area (Å²) in [5, 5.41) is 2.96. The molecule has 0 bridgehead atoms. The van der Waals surface area contributed by atoms with Crippen molar-refractivity contribution >= 4 is 17.8 Å². The normalized spacial score (nSPS) is 27.3. The van der Waals surface area contributed by atoms with Gasteiger partial charge in [-0.05, 0) is 58.2 Å². The van der Waals surface area contributed by atoms with Gasteiger partial charge in [-0.2, -0.15) is 0 Å². The Morgan fingerprint density at radius 1 is 1.32 bits per heavy atom. The van der Waals surface area contributed by atoms with E-state index in [-0.39, 0.29) is 41.8 Å². The van der Waals surface area contributed by atoms with Gasteiger partial charge in [-0.3, -0.25) is 14.5 Å². The third-order valence-electron chi connectivity index (χ3n) is 6.24. The molecule has 1 aromatic carbocycles. The number of ether oxygens (including phenoxy) is 2. The molecule has 0 saturated heterocycles. The smallest absolute Gasteiger partial charge is 0.487 e. The van der Waals surface area contributed by atoms with Crippen molar-refractivity contribution in [3.05, 3.63) is 23.8 Å². The summed E-state index contributed by atoms with van der Waals surface area (Å²) >= 11 is 0. The molecule has 1 aromatic rings. The number of nitrogens with one attached hydrogen (secondary N) is 1. The Kier molecular flexibility index (Phi) is 5.72. The summed E-state index contributed by atoms with van der Waals surface area (Å²) < 4.78 is 48.0. The van der Waals surface area contributed by atoms with E-state index in [4.69, 9.17) is 10.5 Å². The van der Waals surface area contributed by atoms with Gasteiger partial charge >= 0.3 is 6.36 Å². The van der Waals surface area contributed by atoms with Crippen LogP contribution in [0.5, 0.6) is 11.5 Å². The fourth-order valence-electron chi connectivity index (χ4n) is 4.64. The number of fused-ring (bicyclic) bond motifs is 1. The average Bonchev–Trinajstić information content (AvgIpc) is 3.42. The number of hydrogen-bond acceptors (Lipinski definition) is 6. The number of amides is 2. The van der Waals surface area contributed by atoms with Crippen molar-refractivity contribution in [2.45, 2.75) is 70.5 Å². The van der Waals surface area contributed by atoms with Crippen molar-refractivity contribution in [3.63, 3.8) is 0 Å². The van der Waals surface area contributed by atoms with Crippen molar-refractivity contribution in [2.75, 3.05) is 6.54 Å². The van der Waals surface area contributed by atoms with E-state index in [0.717, 1.165) is 0 Å². The lowest BCUT2D eigenvalue weighted by molar-refractivity contribution is -0.274. The first kappa shape index (κ1) is 24.2. The number of carbonyl (C=O) groups is 2. The highest BCUT2D eigenvalue weighted by Crippen LogP contribution is 2.44. The number of guanidine groups is 1. The van der Waals surface area contributed by atoms with Gasteiger partial charge in [0.05, 0.1) is 18.0 Å². The van der Waals surface area contributed by atoms with E-state index in [2.05, 4.69) is 15.0 Å². The molecule has 8 nitrogen and oxygen atoms in total. The van der Waals surface area contributed by atoms with Crippen LogP contribution < -0.4 is 20.5 Å². The maximum Gasteiger partial charge on any atom is 0.573 e. The molecule has 2 unspecified atom stereocenters. The van der Waals surface area contributed by atoms with Crippen LogP contribution in [0.3, 0.4) is 0 Å². The molecule has 2 aliphatic heterocycles. The van der Waals surface area contributed by atoms with Crippen molar-refractivity contribution in [1.29, 1.82) is 0 Å². The predicted molar refractivity (Wildman–Crippen MR) is 117 cm³/mol. The van der Waals surface area contributed by atoms with Gasteiger partial charge in [-0.15, -0.1) is 13.2 Å². The van der Waals surface area contributed by atoms with Gasteiger partial charge in [0, 0.05) is 24.4 Å². The molecule has 1 saturated carbocycles. The quantitative estimate of drug-likeness (QED) is 0.670. The minimum absolute atomic E-state index is 0.0638. The van der Waals surface area contributed by atoms with Crippen molar-refractivity contribution in [1.82, 2.24) is 10.2 Å². The third kappa shape index (κ3) is 5.39. The Morgan fingerprint density at radius 2 is 2.03 bits per heavy atom. The number of halogens is 3. The van der Waals surface area contributed by atoms with Crippen LogP contribution in [0.1, 0.15) is 58.6 Å². The fourth-order valence-corrected chi connectivity index (χ4v) is 4.64. The van der Waals surface area contributed by atoms with Gasteiger partial charge in [-0.25, -0.2) is 4.99 Å². The van der Waals surface area contributed by atoms with Gasteiger partial charge in [0.1, 0.15) is 17.1 Å². The van der Waals surface area contributed by atoms with E-state index in [0.29, 0.717) is 30.7 Å². The molecule has 1 fully saturated rings. The number of alkyl halides is 3. The zero-order valence-corrected chi connectivity index (χ0v) is 19.5. The van der Waals surface area contributed by atoms with Crippen LogP contribution in [0.25, 0.3) is 0 Å². The summed E-state index contributed by atoms with van der Waals surface area (Å²) in [5.74, 6) is -0.550. The Bertz CT molecular complexity index is 1040. The number of nitrogens with zero attached hydrogens (tertiary/aromatic N) is 2. The molecule has 0 spiro atoms. The molecule has 2 amide bonds. The Labute approximate surface area is 195 Å². The van der Waals surface area contributed by atoms with Crippen LogP contribution in [0.4, 0.5) is 13.2 Å². The largest absolute Gasteiger partial charge is 0.573 e. The van der Waals surface area contributed by atoms with Gasteiger partial charge in [0.15, 0.2) is 5.96 Å². The molecule has 1 aliphatic carbocycles. The second kappa shape index (κ2) is 8.06. The molecule has 0 radical (unpaired) electrons. The van der Waals surface area contributed by atoms with Crippen LogP contribution in [0.15, 0.2) is 23.2 Å². The highest BCUT2D eigenvalue weighted by atomic mass is 19.4. The standard InChI is InChI=1S/C23H29F3N4O4/c1-21(2)10-18(31)30(20(27)29-21)11-12-7-14(12)19(32)28-16-9-22(3,4)34-17-6-5-13(8-15(16)17)33-23(24,25)26/h5-6,8,12,14,16H,7,9-11H2,1-4H3,(H2,27,29)(H,28,32)/t12?,14-,16?/m1/s1. The summed E-state index contributed by atoms with van der Waals surface area (Å²) in [6.07, 6.45) is -3.62. The van der Waals surface area contributed by atoms with E-state index >= 15 is 0 Å². The second-order valence-electron chi connectivity index (χ2n) is 10.4. The van der Waals surface area contributed by atoms with E-state index < -0.39 is 23.5 Å². The lowest BCUT2D eigenvalue weighted by Gasteiger charge is -2.38. The molecule has 11 heteroatoms. The monoisotopic (exact) mass is 482 g/mol. The summed E-state index contributed by atoms with van der Waals surface area (Å²) in [6.45, 7) is 7.67. The van der Waals surface area contributed by atoms with E-state index in [1.165, 1.54) is 23.1 Å². The lowest BCUT2D eigenvalue weighted by Crippen LogP contribution is -2.50. The molecule has 4 rings (SSSR count). The molecule has 0 aromatic heterocycles. The first-order chi connectivity index (χ1) is 15.6. The lowest BCUT2D eigenvalue weighted by atomic mass is 9.89. The number of aliphatic imine (C=N–C) groups is 1. The maximum absolute atomic E-state index is 13.0. The molecule has 3 atom stereocenters. The summed E-state index contributed by atoms with van der Waals surface area (Å²) in [6, 6.07) is 3.31. The van der Waals surface area contributed by atoms with Crippen molar-refractivity contribution in [2.24, 2.45) is 22.6 Å². The van der Waals surface area contributed by atoms with Crippen LogP contribution in [-0.2, 0) is 9.59 Å². The van der Waals surface area contributed by atoms with Gasteiger partial charge in [0.2, 0.25) is 11.8 Å². The minimum atomic E-state index is -4.82. The Balaban J connectivity index is 1.44. The highest BCUT2D eigenvalue weighted by molar-refractivity contribution is 5.99. The van der Waals surface area contributed by atoms with Gasteiger partial charge in [0.25, 0.3) is 0 Å². The molecule has 186 valence electrons. The molecule has 3 N–H and O–H groups in total. The van der Waals surface area contributed by atoms with E-state index in [1.54, 1.807) is 0 Å². The fraction of sp³-hybridized carbons (Fsp3) is 0.609. The summed E-state index contributed by atoms with van der Waals surface area (Å²) in [7, 11) is 0. The number of carbonyl (C=O) groups excluding carboxylic acids is 2. The van der Waals surface area contributed by atoms with Crippen LogP contribution in [0.2, 0.25) is 0 Å². The zero-order valence-electron chi connectivity index (χ0n) is 19.5. The number of nitrogens with two attached hydrogens (primary N) is 1. The predicted octanol–water partition coefficient (Wildman–Crippen LogP) is 3.27. The van der Waals surface area contributed by atoms with E-state index in [1.807, 2.05) is 27.7 Å². The number of benzene rings is 1. The molecule has 3 aliphatic rings. The molecule has 34 heavy (non-hydrogen) atoms. The topological polar surface area (TPSA) is 106 Å². The maximum atomic E-state index is 13.0. The van der Waals surface area contributed by atoms with Gasteiger partial charge in [-0.1, -0.05) is 0 Å². The third-order valence-corrected chi connectivity index (χ3v) is 6.24. The first-order valence-corrected chi connectivity index (χ1v) is 11.2. The minimum Gasteiger partial charge on any atom is -0.487 e. The second-order valence-corrected chi connectivity index (χ2v) is 10.4. The van der Waals surface area contributed by atoms with Crippen molar-refractivity contribution in [3.8, 4) is 11.5 Å². The van der Waals surface area contributed by atoms with E-state index in [9.17, 15) is 22.8 Å². The first-order valence-electron chi connectivity index (χ1n) is 11.2. The number of rotatable bonds is 5. The highest BCUT2D eigenvalue weighted by Gasteiger charge is 2.47. The Morgan fingerprint density at radius 3 is 2.68 bits per heavy atom. The van der Waals surface area contributed by atoms with Gasteiger partial charge < -0.3 is 20.5 Å². The molecular formula is C23H29F3N4O4. The molecule has 2 heterocycles. The molecular weight excluding hydrogens is 453 g/mol.